The highest BCUT2D eigenvalue weighted by atomic mass is 35.5. The summed E-state index contributed by atoms with van der Waals surface area (Å²) in [6.07, 6.45) is 2.20. The summed E-state index contributed by atoms with van der Waals surface area (Å²) in [6, 6.07) is 11.2. The molecule has 5 nitrogen and oxygen atoms in total. The molecule has 0 aliphatic carbocycles. The molecule has 2 aromatic rings. The van der Waals surface area contributed by atoms with E-state index in [9.17, 15) is 0 Å². The van der Waals surface area contributed by atoms with E-state index in [1.54, 1.807) is 6.07 Å². The lowest BCUT2D eigenvalue weighted by molar-refractivity contribution is 0.872. The van der Waals surface area contributed by atoms with Gasteiger partial charge in [-0.3, -0.25) is 0 Å². The molecule has 1 aromatic carbocycles. The predicted molar refractivity (Wildman–Crippen MR) is 86.1 cm³/mol. The van der Waals surface area contributed by atoms with E-state index in [1.807, 2.05) is 30.3 Å². The van der Waals surface area contributed by atoms with E-state index in [2.05, 4.69) is 20.8 Å². The summed E-state index contributed by atoms with van der Waals surface area (Å²) in [5.74, 6) is 0.343. The summed E-state index contributed by atoms with van der Waals surface area (Å²) >= 11 is 11.2. The highest BCUT2D eigenvalue weighted by molar-refractivity contribution is 7.80. The van der Waals surface area contributed by atoms with E-state index in [0.717, 1.165) is 17.0 Å². The Morgan fingerprint density at radius 3 is 2.90 bits per heavy atom. The standard InChI is InChI=1S/C14H12ClN5S/c15-12-4-2-1-3-10(12)5-7-17-14(21)19-13-11(9-16)6-8-18-20-13/h1-4,6,8H,5,7H2,(H2,17,19,20,21). The quantitative estimate of drug-likeness (QED) is 0.844. The Morgan fingerprint density at radius 1 is 1.33 bits per heavy atom. The van der Waals surface area contributed by atoms with Crippen LogP contribution >= 0.6 is 23.8 Å². The second-order valence-corrected chi connectivity index (χ2v) is 4.94. The van der Waals surface area contributed by atoms with Gasteiger partial charge in [0.25, 0.3) is 0 Å². The molecule has 0 aliphatic rings. The molecule has 0 spiro atoms. The summed E-state index contributed by atoms with van der Waals surface area (Å²) in [5, 5.41) is 23.5. The van der Waals surface area contributed by atoms with Crippen molar-refractivity contribution in [2.45, 2.75) is 6.42 Å². The van der Waals surface area contributed by atoms with Gasteiger partial charge < -0.3 is 10.6 Å². The number of rotatable bonds is 4. The molecule has 0 bridgehead atoms. The Labute approximate surface area is 133 Å². The Kier molecular flexibility index (Phi) is 5.43. The first-order valence-corrected chi connectivity index (χ1v) is 6.99. The molecular formula is C14H12ClN5S. The fraction of sp³-hybridized carbons (Fsp3) is 0.143. The Bertz CT molecular complexity index is 683. The average Bonchev–Trinajstić information content (AvgIpc) is 2.50. The van der Waals surface area contributed by atoms with Gasteiger partial charge in [-0.1, -0.05) is 29.8 Å². The van der Waals surface area contributed by atoms with Gasteiger partial charge in [0.05, 0.1) is 11.8 Å². The van der Waals surface area contributed by atoms with Crippen LogP contribution < -0.4 is 10.6 Å². The minimum atomic E-state index is 0.343. The first-order chi connectivity index (χ1) is 10.2. The number of hydrogen-bond acceptors (Lipinski definition) is 4. The largest absolute Gasteiger partial charge is 0.362 e. The number of anilines is 1. The first kappa shape index (κ1) is 15.2. The molecule has 0 atom stereocenters. The van der Waals surface area contributed by atoms with Crippen molar-refractivity contribution in [3.05, 3.63) is 52.7 Å². The Morgan fingerprint density at radius 2 is 2.14 bits per heavy atom. The lowest BCUT2D eigenvalue weighted by atomic mass is 10.1. The van der Waals surface area contributed by atoms with Crippen molar-refractivity contribution in [1.29, 1.82) is 5.26 Å². The monoisotopic (exact) mass is 317 g/mol. The van der Waals surface area contributed by atoms with Gasteiger partial charge in [0.2, 0.25) is 0 Å². The fourth-order valence-electron chi connectivity index (χ4n) is 1.68. The molecule has 2 rings (SSSR count). The van der Waals surface area contributed by atoms with Crippen molar-refractivity contribution in [2.24, 2.45) is 0 Å². The van der Waals surface area contributed by atoms with E-state index in [1.165, 1.54) is 6.20 Å². The Balaban J connectivity index is 1.86. The molecule has 0 radical (unpaired) electrons. The summed E-state index contributed by atoms with van der Waals surface area (Å²) in [5.41, 5.74) is 1.44. The van der Waals surface area contributed by atoms with Crippen LogP contribution in [0.15, 0.2) is 36.5 Å². The molecule has 0 amide bonds. The van der Waals surface area contributed by atoms with Crippen molar-refractivity contribution < 1.29 is 0 Å². The summed E-state index contributed by atoms with van der Waals surface area (Å²) in [6.45, 7) is 0.623. The molecule has 0 saturated carbocycles. The van der Waals surface area contributed by atoms with E-state index in [0.29, 0.717) is 23.0 Å². The minimum Gasteiger partial charge on any atom is -0.362 e. The van der Waals surface area contributed by atoms with Gasteiger partial charge in [-0.15, -0.1) is 5.10 Å². The van der Waals surface area contributed by atoms with Gasteiger partial charge >= 0.3 is 0 Å². The maximum Gasteiger partial charge on any atom is 0.172 e. The van der Waals surface area contributed by atoms with E-state index in [-0.39, 0.29) is 0 Å². The maximum atomic E-state index is 8.95. The number of aromatic nitrogens is 2. The molecule has 0 saturated heterocycles. The molecule has 21 heavy (non-hydrogen) atoms. The van der Waals surface area contributed by atoms with Crippen molar-refractivity contribution in [2.75, 3.05) is 11.9 Å². The number of nitrogens with one attached hydrogen (secondary N) is 2. The van der Waals surface area contributed by atoms with Crippen LogP contribution in [0.3, 0.4) is 0 Å². The molecule has 0 fully saturated rings. The third-order valence-electron chi connectivity index (χ3n) is 2.71. The number of halogens is 1. The first-order valence-electron chi connectivity index (χ1n) is 6.20. The maximum absolute atomic E-state index is 8.95. The average molecular weight is 318 g/mol. The van der Waals surface area contributed by atoms with Crippen LogP contribution in [0.5, 0.6) is 0 Å². The summed E-state index contributed by atoms with van der Waals surface area (Å²) in [4.78, 5) is 0. The molecule has 0 unspecified atom stereocenters. The van der Waals surface area contributed by atoms with Crippen LogP contribution in [0.2, 0.25) is 5.02 Å². The molecule has 0 aliphatic heterocycles. The van der Waals surface area contributed by atoms with Crippen molar-refractivity contribution in [1.82, 2.24) is 15.5 Å². The highest BCUT2D eigenvalue weighted by Crippen LogP contribution is 2.14. The number of thiocarbonyl (C=S) groups is 1. The normalized spacial score (nSPS) is 9.71. The Hall–Kier alpha value is -2.23. The molecule has 2 N–H and O–H groups in total. The second kappa shape index (κ2) is 7.53. The van der Waals surface area contributed by atoms with Crippen LogP contribution in [-0.4, -0.2) is 21.9 Å². The third kappa shape index (κ3) is 4.38. The van der Waals surface area contributed by atoms with Crippen LogP contribution in [0, 0.1) is 11.3 Å². The van der Waals surface area contributed by atoms with Crippen LogP contribution in [0.1, 0.15) is 11.1 Å². The summed E-state index contributed by atoms with van der Waals surface area (Å²) < 4.78 is 0. The van der Waals surface area contributed by atoms with Gasteiger partial charge in [-0.25, -0.2) is 0 Å². The van der Waals surface area contributed by atoms with Crippen LogP contribution in [-0.2, 0) is 6.42 Å². The third-order valence-corrected chi connectivity index (χ3v) is 3.33. The molecule has 1 aromatic heterocycles. The lowest BCUT2D eigenvalue weighted by Crippen LogP contribution is -2.31. The van der Waals surface area contributed by atoms with Gasteiger partial charge in [0.15, 0.2) is 10.9 Å². The van der Waals surface area contributed by atoms with E-state index >= 15 is 0 Å². The minimum absolute atomic E-state index is 0.343. The van der Waals surface area contributed by atoms with Crippen LogP contribution in [0.25, 0.3) is 0 Å². The molecular weight excluding hydrogens is 306 g/mol. The number of hydrogen-bond donors (Lipinski definition) is 2. The molecule has 7 heteroatoms. The fourth-order valence-corrected chi connectivity index (χ4v) is 2.11. The predicted octanol–water partition coefficient (Wildman–Crippen LogP) is 2.53. The second-order valence-electron chi connectivity index (χ2n) is 4.13. The zero-order valence-electron chi connectivity index (χ0n) is 11.0. The van der Waals surface area contributed by atoms with Gasteiger partial charge in [-0.05, 0) is 36.3 Å². The van der Waals surface area contributed by atoms with Gasteiger partial charge in [-0.2, -0.15) is 10.4 Å². The van der Waals surface area contributed by atoms with Gasteiger partial charge in [0, 0.05) is 11.6 Å². The zero-order valence-corrected chi connectivity index (χ0v) is 12.6. The zero-order chi connectivity index (χ0) is 15.1. The van der Waals surface area contributed by atoms with Crippen molar-refractivity contribution in [3.8, 4) is 6.07 Å². The number of benzene rings is 1. The van der Waals surface area contributed by atoms with E-state index in [4.69, 9.17) is 29.1 Å². The molecule has 106 valence electrons. The topological polar surface area (TPSA) is 73.6 Å². The highest BCUT2D eigenvalue weighted by Gasteiger charge is 2.05. The smallest absolute Gasteiger partial charge is 0.172 e. The van der Waals surface area contributed by atoms with Crippen molar-refractivity contribution >= 4 is 34.7 Å². The summed E-state index contributed by atoms with van der Waals surface area (Å²) in [7, 11) is 0. The SMILES string of the molecule is N#Cc1ccnnc1NC(=S)NCCc1ccccc1Cl. The number of nitrogens with zero attached hydrogens (tertiary/aromatic N) is 3. The van der Waals surface area contributed by atoms with Crippen LogP contribution in [0.4, 0.5) is 5.82 Å². The lowest BCUT2D eigenvalue weighted by Gasteiger charge is -2.10. The number of nitriles is 1. The van der Waals surface area contributed by atoms with E-state index < -0.39 is 0 Å². The van der Waals surface area contributed by atoms with Crippen molar-refractivity contribution in [3.63, 3.8) is 0 Å². The molecule has 1 heterocycles. The van der Waals surface area contributed by atoms with Gasteiger partial charge in [0.1, 0.15) is 6.07 Å².